The maximum absolute atomic E-state index is 13.4. The van der Waals surface area contributed by atoms with E-state index in [2.05, 4.69) is 17.2 Å². The van der Waals surface area contributed by atoms with Crippen LogP contribution in [0.15, 0.2) is 12.7 Å². The summed E-state index contributed by atoms with van der Waals surface area (Å²) in [5, 5.41) is 6.05. The van der Waals surface area contributed by atoms with E-state index in [1.807, 2.05) is 41.5 Å². The van der Waals surface area contributed by atoms with E-state index in [1.165, 1.54) is 6.92 Å². The maximum atomic E-state index is 13.4. The molecule has 29 heavy (non-hydrogen) atoms. The largest absolute Gasteiger partial charge is 0.444 e. The van der Waals surface area contributed by atoms with Crippen LogP contribution in [-0.4, -0.2) is 52.6 Å². The normalized spacial score (nSPS) is 29.2. The maximum Gasteiger partial charge on any atom is 0.410 e. The van der Waals surface area contributed by atoms with E-state index >= 15 is 0 Å². The molecule has 1 aliphatic carbocycles. The summed E-state index contributed by atoms with van der Waals surface area (Å²) < 4.78 is 5.53. The average Bonchev–Trinajstić information content (AvgIpc) is 3.02. The Bertz CT molecular complexity index is 677. The molecule has 3 amide bonds. The van der Waals surface area contributed by atoms with E-state index in [0.29, 0.717) is 25.9 Å². The fourth-order valence-corrected chi connectivity index (χ4v) is 4.76. The third kappa shape index (κ3) is 5.31. The van der Waals surface area contributed by atoms with Gasteiger partial charge in [-0.3, -0.25) is 9.59 Å². The molecule has 164 valence electrons. The Kier molecular flexibility index (Phi) is 6.40. The smallest absolute Gasteiger partial charge is 0.410 e. The van der Waals surface area contributed by atoms with Crippen molar-refractivity contribution < 1.29 is 19.1 Å². The molecule has 2 unspecified atom stereocenters. The Morgan fingerprint density at radius 3 is 2.28 bits per heavy atom. The summed E-state index contributed by atoms with van der Waals surface area (Å²) >= 11 is 0. The van der Waals surface area contributed by atoms with Crippen molar-refractivity contribution in [2.45, 2.75) is 78.0 Å². The lowest BCUT2D eigenvalue weighted by molar-refractivity contribution is -0.136. The van der Waals surface area contributed by atoms with Gasteiger partial charge in [0.25, 0.3) is 0 Å². The number of rotatable bonds is 4. The molecule has 0 aromatic carbocycles. The van der Waals surface area contributed by atoms with Gasteiger partial charge < -0.3 is 20.3 Å². The van der Waals surface area contributed by atoms with Gasteiger partial charge in [0.15, 0.2) is 0 Å². The lowest BCUT2D eigenvalue weighted by atomic mass is 9.79. The number of nitrogens with zero attached hydrogens (tertiary/aromatic N) is 1. The number of ether oxygens (including phenoxy) is 1. The zero-order valence-electron chi connectivity index (χ0n) is 18.9. The Morgan fingerprint density at radius 2 is 1.79 bits per heavy atom. The minimum Gasteiger partial charge on any atom is -0.444 e. The highest BCUT2D eigenvalue weighted by atomic mass is 16.6. The topological polar surface area (TPSA) is 87.7 Å². The van der Waals surface area contributed by atoms with Gasteiger partial charge in [0.2, 0.25) is 11.8 Å². The highest BCUT2D eigenvalue weighted by Gasteiger charge is 2.60. The molecule has 0 spiro atoms. The summed E-state index contributed by atoms with van der Waals surface area (Å²) in [7, 11) is 0. The molecule has 1 heterocycles. The Balaban J connectivity index is 2.30. The number of hydrogen-bond donors (Lipinski definition) is 2. The second-order valence-electron chi connectivity index (χ2n) is 10.5. The van der Waals surface area contributed by atoms with Crippen LogP contribution in [0.3, 0.4) is 0 Å². The molecule has 2 rings (SSSR count). The predicted octanol–water partition coefficient (Wildman–Crippen LogP) is 2.86. The van der Waals surface area contributed by atoms with Crippen molar-refractivity contribution in [3.05, 3.63) is 12.7 Å². The van der Waals surface area contributed by atoms with Gasteiger partial charge in [-0.15, -0.1) is 6.58 Å². The monoisotopic (exact) mass is 407 g/mol. The molecular weight excluding hydrogens is 370 g/mol. The molecule has 0 aromatic rings. The number of allylic oxidation sites excluding steroid dienone is 1. The van der Waals surface area contributed by atoms with Gasteiger partial charge in [0, 0.05) is 25.6 Å². The van der Waals surface area contributed by atoms with Crippen LogP contribution in [0.5, 0.6) is 0 Å². The first-order valence-corrected chi connectivity index (χ1v) is 10.4. The molecular formula is C22H37N3O4. The van der Waals surface area contributed by atoms with Crippen LogP contribution in [0, 0.1) is 17.8 Å². The lowest BCUT2D eigenvalue weighted by Gasteiger charge is -2.39. The van der Waals surface area contributed by atoms with E-state index in [0.717, 1.165) is 0 Å². The zero-order chi connectivity index (χ0) is 22.2. The van der Waals surface area contributed by atoms with Crippen LogP contribution in [0.4, 0.5) is 4.79 Å². The van der Waals surface area contributed by atoms with Crippen LogP contribution in [-0.2, 0) is 14.3 Å². The van der Waals surface area contributed by atoms with Crippen LogP contribution in [0.25, 0.3) is 0 Å². The van der Waals surface area contributed by atoms with E-state index < -0.39 is 16.7 Å². The first-order valence-electron chi connectivity index (χ1n) is 10.4. The number of carbonyl (C=O) groups is 3. The fourth-order valence-electron chi connectivity index (χ4n) is 4.76. The van der Waals surface area contributed by atoms with Crippen molar-refractivity contribution in [1.82, 2.24) is 15.5 Å². The van der Waals surface area contributed by atoms with Crippen molar-refractivity contribution in [1.29, 1.82) is 0 Å². The molecule has 0 bridgehead atoms. The second-order valence-corrected chi connectivity index (χ2v) is 10.5. The lowest BCUT2D eigenvalue weighted by Crippen LogP contribution is -2.64. The van der Waals surface area contributed by atoms with E-state index in [4.69, 9.17) is 4.74 Å². The van der Waals surface area contributed by atoms with E-state index in [9.17, 15) is 14.4 Å². The molecule has 1 aliphatic heterocycles. The number of hydrogen-bond acceptors (Lipinski definition) is 4. The van der Waals surface area contributed by atoms with Gasteiger partial charge in [-0.05, 0) is 72.1 Å². The van der Waals surface area contributed by atoms with E-state index in [1.54, 1.807) is 11.0 Å². The van der Waals surface area contributed by atoms with Crippen LogP contribution >= 0.6 is 0 Å². The summed E-state index contributed by atoms with van der Waals surface area (Å²) in [5.74, 6) is -0.316. The van der Waals surface area contributed by atoms with Crippen LogP contribution in [0.2, 0.25) is 0 Å². The molecule has 4 atom stereocenters. The zero-order valence-corrected chi connectivity index (χ0v) is 18.9. The summed E-state index contributed by atoms with van der Waals surface area (Å²) in [6, 6.07) is 0. The standard InChI is InChI=1S/C22H37N3O4/c1-9-10-17-16-13-25(19(28)29-21(6,7)8)12-15(16)11-22(17,23-14(2)26)18(27)24-20(3,4)5/h9,15-17H,1,10-13H2,2-8H3,(H,23,26)(H,24,27)/t15-,16+,17?,22?/m0/s1. The predicted molar refractivity (Wildman–Crippen MR) is 112 cm³/mol. The number of fused-ring (bicyclic) bond motifs is 1. The Hall–Kier alpha value is -2.05. The number of nitrogens with one attached hydrogen (secondary N) is 2. The van der Waals surface area contributed by atoms with Crippen molar-refractivity contribution in [3.8, 4) is 0 Å². The number of likely N-dealkylation sites (tertiary alicyclic amines) is 1. The Morgan fingerprint density at radius 1 is 1.17 bits per heavy atom. The molecule has 7 heteroatoms. The number of carbonyl (C=O) groups excluding carboxylic acids is 3. The highest BCUT2D eigenvalue weighted by Crippen LogP contribution is 2.50. The molecule has 7 nitrogen and oxygen atoms in total. The van der Waals surface area contributed by atoms with Gasteiger partial charge in [0.1, 0.15) is 11.1 Å². The molecule has 2 N–H and O–H groups in total. The summed E-state index contributed by atoms with van der Waals surface area (Å²) in [6.45, 7) is 17.7. The number of amides is 3. The van der Waals surface area contributed by atoms with Crippen LogP contribution < -0.4 is 10.6 Å². The van der Waals surface area contributed by atoms with Crippen molar-refractivity contribution in [2.75, 3.05) is 13.1 Å². The van der Waals surface area contributed by atoms with Crippen LogP contribution in [0.1, 0.15) is 61.3 Å². The molecule has 1 saturated heterocycles. The van der Waals surface area contributed by atoms with Gasteiger partial charge in [-0.1, -0.05) is 6.08 Å². The minimum atomic E-state index is -0.997. The molecule has 2 fully saturated rings. The fraction of sp³-hybridized carbons (Fsp3) is 0.773. The molecule has 0 aromatic heterocycles. The van der Waals surface area contributed by atoms with Gasteiger partial charge >= 0.3 is 6.09 Å². The minimum absolute atomic E-state index is 0.0955. The van der Waals surface area contributed by atoms with Gasteiger partial charge in [-0.25, -0.2) is 4.79 Å². The van der Waals surface area contributed by atoms with Gasteiger partial charge in [-0.2, -0.15) is 0 Å². The van der Waals surface area contributed by atoms with E-state index in [-0.39, 0.29) is 35.7 Å². The van der Waals surface area contributed by atoms with Crippen molar-refractivity contribution in [3.63, 3.8) is 0 Å². The van der Waals surface area contributed by atoms with Crippen molar-refractivity contribution in [2.24, 2.45) is 17.8 Å². The molecule has 0 radical (unpaired) electrons. The van der Waals surface area contributed by atoms with Gasteiger partial charge in [0.05, 0.1) is 0 Å². The Labute approximate surface area is 174 Å². The quantitative estimate of drug-likeness (QED) is 0.702. The summed E-state index contributed by atoms with van der Waals surface area (Å²) in [6.07, 6.45) is 2.55. The molecule has 2 aliphatic rings. The third-order valence-corrected chi connectivity index (χ3v) is 5.59. The first-order chi connectivity index (χ1) is 13.2. The average molecular weight is 408 g/mol. The molecule has 1 saturated carbocycles. The third-order valence-electron chi connectivity index (χ3n) is 5.59. The van der Waals surface area contributed by atoms with Crippen molar-refractivity contribution >= 4 is 17.9 Å². The highest BCUT2D eigenvalue weighted by molar-refractivity contribution is 5.92. The summed E-state index contributed by atoms with van der Waals surface area (Å²) in [5.41, 5.74) is -1.97. The SMILES string of the molecule is C=CCC1[C@@H]2CN(C(=O)OC(C)(C)C)C[C@@H]2CC1(NC(C)=O)C(=O)NC(C)(C)C. The summed E-state index contributed by atoms with van der Waals surface area (Å²) in [4.78, 5) is 39.7. The first kappa shape index (κ1) is 23.2. The second kappa shape index (κ2) is 8.00.